The van der Waals surface area contributed by atoms with Crippen LogP contribution in [0.25, 0.3) is 0 Å². The summed E-state index contributed by atoms with van der Waals surface area (Å²) < 4.78 is 5.28. The molecule has 0 aliphatic rings. The lowest BCUT2D eigenvalue weighted by molar-refractivity contribution is -0.145. The number of benzene rings is 3. The molecule has 6 nitrogen and oxygen atoms in total. The van der Waals surface area contributed by atoms with Crippen molar-refractivity contribution in [3.63, 3.8) is 0 Å². The van der Waals surface area contributed by atoms with E-state index in [2.05, 4.69) is 0 Å². The number of esters is 1. The van der Waals surface area contributed by atoms with Gasteiger partial charge in [0.15, 0.2) is 0 Å². The van der Waals surface area contributed by atoms with Gasteiger partial charge in [-0.15, -0.1) is 0 Å². The number of nitrogens with two attached hydrogens (primary N) is 1. The van der Waals surface area contributed by atoms with Crippen LogP contribution in [0.1, 0.15) is 52.9 Å². The summed E-state index contributed by atoms with van der Waals surface area (Å²) >= 11 is 0. The topological polar surface area (TPSA) is 89.7 Å². The molecule has 0 spiro atoms. The summed E-state index contributed by atoms with van der Waals surface area (Å²) in [5, 5.41) is 0. The van der Waals surface area contributed by atoms with Gasteiger partial charge in [-0.2, -0.15) is 0 Å². The maximum Gasteiger partial charge on any atom is 0.306 e. The maximum atomic E-state index is 13.4. The van der Waals surface area contributed by atoms with E-state index in [1.165, 1.54) is 4.90 Å². The molecule has 6 heteroatoms. The van der Waals surface area contributed by atoms with Gasteiger partial charge in [0.05, 0.1) is 12.1 Å². The highest BCUT2D eigenvalue weighted by Crippen LogP contribution is 2.24. The summed E-state index contributed by atoms with van der Waals surface area (Å²) in [7, 11) is 0. The van der Waals surface area contributed by atoms with Crippen molar-refractivity contribution in [1.82, 2.24) is 4.90 Å². The van der Waals surface area contributed by atoms with Crippen molar-refractivity contribution in [2.45, 2.75) is 45.4 Å². The fourth-order valence-corrected chi connectivity index (χ4v) is 3.57. The summed E-state index contributed by atoms with van der Waals surface area (Å²) in [5.41, 5.74) is 9.34. The fourth-order valence-electron chi connectivity index (χ4n) is 3.57. The van der Waals surface area contributed by atoms with Crippen LogP contribution < -0.4 is 5.73 Å². The van der Waals surface area contributed by atoms with E-state index in [4.69, 9.17) is 10.5 Å². The lowest BCUT2D eigenvalue weighted by Gasteiger charge is -2.30. The van der Waals surface area contributed by atoms with Gasteiger partial charge in [0.2, 0.25) is 5.91 Å². The standard InChI is InChI=1S/C28H30N2O4/c1-20-13-15-23(16-14-20)21(2)30(27(32)24-11-7-4-8-12-24)28(33)25(29)17-18-26(31)34-19-22-9-5-3-6-10-22/h3-16,21,25H,17-19,29H2,1-2H3/t21-,25-/m0/s1. The molecule has 0 aromatic heterocycles. The molecule has 176 valence electrons. The molecular formula is C28H30N2O4. The van der Waals surface area contributed by atoms with E-state index in [9.17, 15) is 14.4 Å². The van der Waals surface area contributed by atoms with Crippen LogP contribution in [-0.2, 0) is 20.9 Å². The minimum atomic E-state index is -1.02. The first-order valence-electron chi connectivity index (χ1n) is 11.3. The van der Waals surface area contributed by atoms with Crippen LogP contribution in [0.15, 0.2) is 84.9 Å². The summed E-state index contributed by atoms with van der Waals surface area (Å²) in [6.45, 7) is 3.93. The van der Waals surface area contributed by atoms with Crippen LogP contribution in [0.2, 0.25) is 0 Å². The molecule has 0 unspecified atom stereocenters. The number of ether oxygens (including phenoxy) is 1. The highest BCUT2D eigenvalue weighted by molar-refractivity contribution is 6.06. The van der Waals surface area contributed by atoms with Crippen LogP contribution in [0.3, 0.4) is 0 Å². The average Bonchev–Trinajstić information content (AvgIpc) is 2.87. The van der Waals surface area contributed by atoms with Crippen LogP contribution in [0.5, 0.6) is 0 Å². The van der Waals surface area contributed by atoms with Crippen molar-refractivity contribution in [3.05, 3.63) is 107 Å². The number of imide groups is 1. The van der Waals surface area contributed by atoms with Gasteiger partial charge < -0.3 is 10.5 Å². The zero-order chi connectivity index (χ0) is 24.5. The molecule has 0 aliphatic carbocycles. The lowest BCUT2D eigenvalue weighted by atomic mass is 10.0. The van der Waals surface area contributed by atoms with Gasteiger partial charge in [-0.05, 0) is 43.5 Å². The summed E-state index contributed by atoms with van der Waals surface area (Å²) in [5.74, 6) is -1.40. The van der Waals surface area contributed by atoms with Crippen LogP contribution >= 0.6 is 0 Å². The van der Waals surface area contributed by atoms with E-state index in [-0.39, 0.29) is 19.4 Å². The molecule has 0 saturated heterocycles. The zero-order valence-electron chi connectivity index (χ0n) is 19.5. The lowest BCUT2D eigenvalue weighted by Crippen LogP contribution is -2.48. The van der Waals surface area contributed by atoms with E-state index >= 15 is 0 Å². The van der Waals surface area contributed by atoms with Crippen molar-refractivity contribution in [2.75, 3.05) is 0 Å². The van der Waals surface area contributed by atoms with Crippen molar-refractivity contribution >= 4 is 17.8 Å². The summed E-state index contributed by atoms with van der Waals surface area (Å²) in [4.78, 5) is 40.1. The second kappa shape index (κ2) is 11.9. The van der Waals surface area contributed by atoms with Crippen molar-refractivity contribution < 1.29 is 19.1 Å². The van der Waals surface area contributed by atoms with Crippen LogP contribution in [0.4, 0.5) is 0 Å². The molecule has 0 bridgehead atoms. The van der Waals surface area contributed by atoms with E-state index in [0.29, 0.717) is 5.56 Å². The Hall–Kier alpha value is -3.77. The molecule has 2 amide bonds. The SMILES string of the molecule is Cc1ccc([C@H](C)N(C(=O)c2ccccc2)C(=O)[C@@H](N)CCC(=O)OCc2ccccc2)cc1. The third-order valence-electron chi connectivity index (χ3n) is 5.64. The minimum absolute atomic E-state index is 0.0218. The fraction of sp³-hybridized carbons (Fsp3) is 0.250. The van der Waals surface area contributed by atoms with E-state index in [1.807, 2.05) is 61.5 Å². The van der Waals surface area contributed by atoms with Gasteiger partial charge in [0.1, 0.15) is 6.61 Å². The summed E-state index contributed by atoms with van der Waals surface area (Å²) in [6.07, 6.45) is 0.0532. The smallest absolute Gasteiger partial charge is 0.306 e. The molecule has 3 aromatic rings. The normalized spacial score (nSPS) is 12.4. The number of aryl methyl sites for hydroxylation is 1. The second-order valence-electron chi connectivity index (χ2n) is 8.26. The largest absolute Gasteiger partial charge is 0.461 e. The quantitative estimate of drug-likeness (QED) is 0.474. The second-order valence-corrected chi connectivity index (χ2v) is 8.26. The molecule has 34 heavy (non-hydrogen) atoms. The molecule has 3 aromatic carbocycles. The first kappa shape index (κ1) is 24.9. The maximum absolute atomic E-state index is 13.4. The Morgan fingerprint density at radius 1 is 0.882 bits per heavy atom. The van der Waals surface area contributed by atoms with Gasteiger partial charge >= 0.3 is 5.97 Å². The molecule has 0 fully saturated rings. The first-order valence-corrected chi connectivity index (χ1v) is 11.3. The Labute approximate surface area is 200 Å². The van der Waals surface area contributed by atoms with Gasteiger partial charge in [-0.3, -0.25) is 19.3 Å². The number of hydrogen-bond acceptors (Lipinski definition) is 5. The minimum Gasteiger partial charge on any atom is -0.461 e. The molecule has 3 rings (SSSR count). The Morgan fingerprint density at radius 3 is 2.09 bits per heavy atom. The Bertz CT molecular complexity index is 1100. The number of carbonyl (C=O) groups excluding carboxylic acids is 3. The molecule has 0 saturated carbocycles. The first-order chi connectivity index (χ1) is 16.4. The molecule has 2 N–H and O–H groups in total. The van der Waals surface area contributed by atoms with Crippen molar-refractivity contribution in [1.29, 1.82) is 0 Å². The highest BCUT2D eigenvalue weighted by atomic mass is 16.5. The molecule has 0 heterocycles. The van der Waals surface area contributed by atoms with Gasteiger partial charge in [-0.25, -0.2) is 0 Å². The van der Waals surface area contributed by atoms with Gasteiger partial charge in [0.25, 0.3) is 5.91 Å². The van der Waals surface area contributed by atoms with Crippen molar-refractivity contribution in [2.24, 2.45) is 5.73 Å². The average molecular weight is 459 g/mol. The molecule has 0 aliphatic heterocycles. The van der Waals surface area contributed by atoms with Crippen LogP contribution in [0, 0.1) is 6.92 Å². The van der Waals surface area contributed by atoms with Crippen LogP contribution in [-0.4, -0.2) is 28.7 Å². The number of rotatable bonds is 9. The van der Waals surface area contributed by atoms with Crippen molar-refractivity contribution in [3.8, 4) is 0 Å². The van der Waals surface area contributed by atoms with Gasteiger partial charge in [-0.1, -0.05) is 78.4 Å². The molecule has 2 atom stereocenters. The monoisotopic (exact) mass is 458 g/mol. The zero-order valence-corrected chi connectivity index (χ0v) is 19.5. The molecular weight excluding hydrogens is 428 g/mol. The Morgan fingerprint density at radius 2 is 1.47 bits per heavy atom. The Balaban J connectivity index is 1.70. The number of carbonyl (C=O) groups is 3. The molecule has 0 radical (unpaired) electrons. The van der Waals surface area contributed by atoms with E-state index in [0.717, 1.165) is 16.7 Å². The third-order valence-corrected chi connectivity index (χ3v) is 5.64. The van der Waals surface area contributed by atoms with Gasteiger partial charge in [0, 0.05) is 12.0 Å². The van der Waals surface area contributed by atoms with E-state index < -0.39 is 29.9 Å². The number of nitrogens with zero attached hydrogens (tertiary/aromatic N) is 1. The Kier molecular flexibility index (Phi) is 8.71. The van der Waals surface area contributed by atoms with E-state index in [1.54, 1.807) is 37.3 Å². The predicted molar refractivity (Wildman–Crippen MR) is 131 cm³/mol. The highest BCUT2D eigenvalue weighted by Gasteiger charge is 2.32. The number of amides is 2. The summed E-state index contributed by atoms with van der Waals surface area (Å²) in [6, 6.07) is 24.1. The predicted octanol–water partition coefficient (Wildman–Crippen LogP) is 4.58. The number of hydrogen-bond donors (Lipinski definition) is 1. The third kappa shape index (κ3) is 6.62.